The van der Waals surface area contributed by atoms with Crippen LogP contribution in [0.2, 0.25) is 0 Å². The Morgan fingerprint density at radius 2 is 1.72 bits per heavy atom. The lowest BCUT2D eigenvalue weighted by molar-refractivity contribution is -0.141. The lowest BCUT2D eigenvalue weighted by atomic mass is 9.87. The van der Waals surface area contributed by atoms with E-state index in [4.69, 9.17) is 0 Å². The van der Waals surface area contributed by atoms with Gasteiger partial charge in [0.15, 0.2) is 0 Å². The Balaban J connectivity index is 1.01. The van der Waals surface area contributed by atoms with Crippen LogP contribution in [-0.4, -0.2) is 61.2 Å². The Bertz CT molecular complexity index is 1930. The number of nitrogens with zero attached hydrogens (tertiary/aromatic N) is 5. The summed E-state index contributed by atoms with van der Waals surface area (Å²) >= 11 is 0. The van der Waals surface area contributed by atoms with Gasteiger partial charge in [-0.3, -0.25) is 34.0 Å². The van der Waals surface area contributed by atoms with Crippen LogP contribution in [0.25, 0.3) is 16.6 Å². The van der Waals surface area contributed by atoms with E-state index in [1.807, 2.05) is 18.2 Å². The molecule has 7 rings (SSSR count). The zero-order valence-corrected chi connectivity index (χ0v) is 24.6. The molecule has 1 N–H and O–H groups in total. The molecule has 3 amide bonds. The van der Waals surface area contributed by atoms with E-state index < -0.39 is 29.4 Å². The molecule has 4 aromatic rings. The van der Waals surface area contributed by atoms with E-state index in [0.29, 0.717) is 41.9 Å². The fourth-order valence-corrected chi connectivity index (χ4v) is 6.68. The Labute approximate surface area is 260 Å². The van der Waals surface area contributed by atoms with E-state index in [0.717, 1.165) is 54.9 Å². The molecule has 236 valence electrons. The van der Waals surface area contributed by atoms with Crippen LogP contribution in [0, 0.1) is 0 Å². The fourth-order valence-electron chi connectivity index (χ4n) is 6.68. The molecule has 1 atom stereocenters. The van der Waals surface area contributed by atoms with Gasteiger partial charge < -0.3 is 4.90 Å². The highest BCUT2D eigenvalue weighted by Gasteiger charge is 2.39. The zero-order chi connectivity index (χ0) is 32.2. The highest BCUT2D eigenvalue weighted by molar-refractivity contribution is 6.05. The van der Waals surface area contributed by atoms with E-state index in [1.54, 1.807) is 17.0 Å². The Morgan fingerprint density at radius 1 is 0.913 bits per heavy atom. The normalized spacial score (nSPS) is 19.5. The van der Waals surface area contributed by atoms with Crippen molar-refractivity contribution in [3.63, 3.8) is 0 Å². The van der Waals surface area contributed by atoms with Crippen molar-refractivity contribution in [2.24, 2.45) is 0 Å². The summed E-state index contributed by atoms with van der Waals surface area (Å²) in [6.07, 6.45) is 0.0983. The van der Waals surface area contributed by atoms with Gasteiger partial charge in [0, 0.05) is 25.1 Å². The molecule has 0 bridgehead atoms. The highest BCUT2D eigenvalue weighted by atomic mass is 19.4. The topological polar surface area (TPSA) is 118 Å². The van der Waals surface area contributed by atoms with Gasteiger partial charge in [-0.1, -0.05) is 18.2 Å². The first kappa shape index (κ1) is 29.8. The van der Waals surface area contributed by atoms with Crippen LogP contribution in [0.4, 0.5) is 13.2 Å². The van der Waals surface area contributed by atoms with Crippen molar-refractivity contribution in [2.45, 2.75) is 56.9 Å². The highest BCUT2D eigenvalue weighted by Crippen LogP contribution is 2.34. The summed E-state index contributed by atoms with van der Waals surface area (Å²) in [7, 11) is 0. The van der Waals surface area contributed by atoms with Gasteiger partial charge in [0.25, 0.3) is 11.5 Å². The van der Waals surface area contributed by atoms with E-state index >= 15 is 0 Å². The number of hydrogen-bond donors (Lipinski definition) is 1. The first-order valence-electron chi connectivity index (χ1n) is 15.1. The molecule has 2 saturated heterocycles. The van der Waals surface area contributed by atoms with Crippen LogP contribution in [0.3, 0.4) is 0 Å². The number of carbonyl (C=O) groups is 3. The number of pyridine rings is 1. The lowest BCUT2D eigenvalue weighted by Gasteiger charge is -2.32. The van der Waals surface area contributed by atoms with E-state index in [2.05, 4.69) is 26.3 Å². The van der Waals surface area contributed by atoms with Crippen LogP contribution in [0.15, 0.2) is 65.8 Å². The molecule has 2 fully saturated rings. The number of nitrogens with one attached hydrogen (secondary N) is 1. The molecule has 0 radical (unpaired) electrons. The molecule has 1 unspecified atom stereocenters. The summed E-state index contributed by atoms with van der Waals surface area (Å²) in [6.45, 7) is 2.63. The van der Waals surface area contributed by atoms with E-state index in [-0.39, 0.29) is 23.9 Å². The third kappa shape index (κ3) is 5.55. The van der Waals surface area contributed by atoms with Crippen molar-refractivity contribution in [1.82, 2.24) is 29.7 Å². The number of alkyl halides is 3. The minimum Gasteiger partial charge on any atom is -0.322 e. The number of piperidine rings is 2. The predicted molar refractivity (Wildman–Crippen MR) is 160 cm³/mol. The van der Waals surface area contributed by atoms with Crippen molar-refractivity contribution < 1.29 is 27.6 Å². The number of fused-ring (bicyclic) bond motifs is 2. The number of hydrogen-bond acceptors (Lipinski definition) is 7. The predicted octanol–water partition coefficient (Wildman–Crippen LogP) is 3.94. The van der Waals surface area contributed by atoms with Gasteiger partial charge >= 0.3 is 6.18 Å². The molecule has 10 nitrogen and oxygen atoms in total. The molecule has 0 saturated carbocycles. The Hall–Kier alpha value is -4.91. The summed E-state index contributed by atoms with van der Waals surface area (Å²) in [5, 5.41) is 2.70. The minimum absolute atomic E-state index is 0.181. The zero-order valence-electron chi connectivity index (χ0n) is 24.6. The smallest absolute Gasteiger partial charge is 0.322 e. The lowest BCUT2D eigenvalue weighted by Crippen LogP contribution is -2.52. The molecule has 2 aromatic heterocycles. The van der Waals surface area contributed by atoms with Gasteiger partial charge in [0.05, 0.1) is 22.8 Å². The van der Waals surface area contributed by atoms with Gasteiger partial charge in [0.2, 0.25) is 11.8 Å². The molecule has 3 aliphatic heterocycles. The number of aromatic nitrogens is 3. The minimum atomic E-state index is -4.57. The maximum atomic E-state index is 13.3. The number of halogens is 3. The standard InChI is InChI=1S/C33H29F3N6O4/c34-33(35,36)28-7-3-23(15-37-28)42-18-38-26-5-1-19(13-25(26)32(42)46)16-40-11-9-20(10-12-40)21-2-4-24-22(14-21)17-41(31(24)45)27-6-8-29(43)39-30(27)44/h1-5,7,13-15,18,20,27H,6,8-12,16-17H2,(H,39,43,44). The van der Waals surface area contributed by atoms with Crippen molar-refractivity contribution >= 4 is 28.6 Å². The van der Waals surface area contributed by atoms with Crippen LogP contribution in [-0.2, 0) is 28.9 Å². The average Bonchev–Trinajstić information content (AvgIpc) is 3.36. The van der Waals surface area contributed by atoms with Crippen LogP contribution >= 0.6 is 0 Å². The molecule has 5 heterocycles. The summed E-state index contributed by atoms with van der Waals surface area (Å²) in [5.41, 5.74) is 2.85. The average molecular weight is 631 g/mol. The molecule has 13 heteroatoms. The fraction of sp³-hybridized carbons (Fsp3) is 0.333. The van der Waals surface area contributed by atoms with Crippen LogP contribution < -0.4 is 10.9 Å². The van der Waals surface area contributed by atoms with Crippen LogP contribution in [0.1, 0.15) is 64.3 Å². The summed E-state index contributed by atoms with van der Waals surface area (Å²) < 4.78 is 40.0. The second kappa shape index (κ2) is 11.5. The number of carbonyl (C=O) groups excluding carboxylic acids is 3. The number of likely N-dealkylation sites (tertiary alicyclic amines) is 1. The molecule has 3 aliphatic rings. The van der Waals surface area contributed by atoms with E-state index in [9.17, 15) is 32.3 Å². The van der Waals surface area contributed by atoms with Crippen molar-refractivity contribution in [1.29, 1.82) is 0 Å². The van der Waals surface area contributed by atoms with Gasteiger partial charge in [0.1, 0.15) is 18.1 Å². The number of rotatable bonds is 5. The molecule has 46 heavy (non-hydrogen) atoms. The maximum Gasteiger partial charge on any atom is 0.433 e. The largest absolute Gasteiger partial charge is 0.433 e. The Kier molecular flexibility index (Phi) is 7.42. The summed E-state index contributed by atoms with van der Waals surface area (Å²) in [4.78, 5) is 61.9. The molecule has 0 spiro atoms. The first-order chi connectivity index (χ1) is 22.0. The quantitative estimate of drug-likeness (QED) is 0.332. The molecule has 2 aromatic carbocycles. The summed E-state index contributed by atoms with van der Waals surface area (Å²) in [5.74, 6) is -0.602. The SMILES string of the molecule is O=C1CCC(N2Cc3cc(C4CCN(Cc5ccc6ncn(-c7ccc(C(F)(F)F)nc7)c(=O)c6c5)CC4)ccc3C2=O)C(=O)N1. The monoisotopic (exact) mass is 630 g/mol. The second-order valence-corrected chi connectivity index (χ2v) is 12.0. The first-order valence-corrected chi connectivity index (χ1v) is 15.1. The number of imide groups is 1. The van der Waals surface area contributed by atoms with Gasteiger partial charge in [-0.25, -0.2) is 9.97 Å². The number of benzene rings is 2. The van der Waals surface area contributed by atoms with Crippen molar-refractivity contribution in [2.75, 3.05) is 13.1 Å². The van der Waals surface area contributed by atoms with Crippen molar-refractivity contribution in [3.8, 4) is 5.69 Å². The van der Waals surface area contributed by atoms with E-state index in [1.165, 1.54) is 17.0 Å². The van der Waals surface area contributed by atoms with Crippen LogP contribution in [0.5, 0.6) is 0 Å². The van der Waals surface area contributed by atoms with Crippen molar-refractivity contribution in [3.05, 3.63) is 99.4 Å². The third-order valence-corrected chi connectivity index (χ3v) is 9.15. The Morgan fingerprint density at radius 3 is 2.43 bits per heavy atom. The van der Waals surface area contributed by atoms with Gasteiger partial charge in [-0.05, 0) is 85.3 Å². The third-order valence-electron chi connectivity index (χ3n) is 9.15. The molecule has 0 aliphatic carbocycles. The maximum absolute atomic E-state index is 13.3. The molecular formula is C33H29F3N6O4. The number of amides is 3. The summed E-state index contributed by atoms with van der Waals surface area (Å²) in [6, 6.07) is 12.8. The molecular weight excluding hydrogens is 601 g/mol. The van der Waals surface area contributed by atoms with Gasteiger partial charge in [-0.2, -0.15) is 13.2 Å². The van der Waals surface area contributed by atoms with Gasteiger partial charge in [-0.15, -0.1) is 0 Å². The second-order valence-electron chi connectivity index (χ2n) is 12.0.